The Labute approximate surface area is 168 Å². The Balaban J connectivity index is 1.26. The van der Waals surface area contributed by atoms with Gasteiger partial charge in [-0.05, 0) is 55.1 Å². The SMILES string of the molecule is c1ccc2cc(CNc3nonc3NCc3ccc4ccccc4c3)ccc2c1. The Morgan fingerprint density at radius 1 is 0.552 bits per heavy atom. The summed E-state index contributed by atoms with van der Waals surface area (Å²) in [5.41, 5.74) is 2.35. The minimum Gasteiger partial charge on any atom is -0.360 e. The molecule has 2 N–H and O–H groups in total. The van der Waals surface area contributed by atoms with E-state index in [0.717, 1.165) is 0 Å². The zero-order chi connectivity index (χ0) is 19.5. The Morgan fingerprint density at radius 3 is 1.48 bits per heavy atom. The molecule has 0 radical (unpaired) electrons. The second-order valence-electron chi connectivity index (χ2n) is 7.03. The van der Waals surface area contributed by atoms with E-state index in [2.05, 4.69) is 106 Å². The Bertz CT molecular complexity index is 1180. The van der Waals surface area contributed by atoms with Crippen LogP contribution < -0.4 is 10.6 Å². The van der Waals surface area contributed by atoms with Crippen LogP contribution in [-0.2, 0) is 13.1 Å². The summed E-state index contributed by atoms with van der Waals surface area (Å²) in [6.07, 6.45) is 0. The van der Waals surface area contributed by atoms with Gasteiger partial charge in [0, 0.05) is 13.1 Å². The smallest absolute Gasteiger partial charge is 0.215 e. The summed E-state index contributed by atoms with van der Waals surface area (Å²) >= 11 is 0. The molecule has 0 unspecified atom stereocenters. The highest BCUT2D eigenvalue weighted by Crippen LogP contribution is 2.21. The van der Waals surface area contributed by atoms with Crippen LogP contribution in [0.4, 0.5) is 11.6 Å². The van der Waals surface area contributed by atoms with Crippen molar-refractivity contribution in [2.75, 3.05) is 10.6 Å². The summed E-state index contributed by atoms with van der Waals surface area (Å²) in [5.74, 6) is 1.22. The van der Waals surface area contributed by atoms with Crippen LogP contribution in [0.25, 0.3) is 21.5 Å². The van der Waals surface area contributed by atoms with Crippen molar-refractivity contribution < 1.29 is 4.63 Å². The lowest BCUT2D eigenvalue weighted by molar-refractivity contribution is 0.310. The van der Waals surface area contributed by atoms with E-state index in [1.54, 1.807) is 0 Å². The summed E-state index contributed by atoms with van der Waals surface area (Å²) in [6, 6.07) is 29.5. The first-order chi connectivity index (χ1) is 14.3. The van der Waals surface area contributed by atoms with Gasteiger partial charge in [0.25, 0.3) is 0 Å². The summed E-state index contributed by atoms with van der Waals surface area (Å²) in [5, 5.41) is 19.5. The first-order valence-electron chi connectivity index (χ1n) is 9.61. The standard InChI is InChI=1S/C24H20N4O/c1-3-7-21-13-17(9-11-19(21)5-1)15-25-23-24(28-29-27-23)26-16-18-10-12-20-6-2-4-8-22(20)14-18/h1-14H,15-16H2,(H,25,27)(H,26,28). The fourth-order valence-electron chi connectivity index (χ4n) is 3.49. The lowest BCUT2D eigenvalue weighted by Crippen LogP contribution is -2.05. The van der Waals surface area contributed by atoms with Crippen LogP contribution in [-0.4, -0.2) is 10.3 Å². The predicted octanol–water partition coefficient (Wildman–Crippen LogP) is 5.60. The lowest BCUT2D eigenvalue weighted by Gasteiger charge is -2.08. The van der Waals surface area contributed by atoms with E-state index < -0.39 is 0 Å². The third kappa shape index (κ3) is 3.75. The maximum atomic E-state index is 4.94. The molecule has 0 fully saturated rings. The molecular weight excluding hydrogens is 360 g/mol. The fraction of sp³-hybridized carbons (Fsp3) is 0.0833. The van der Waals surface area contributed by atoms with E-state index in [1.165, 1.54) is 32.7 Å². The highest BCUT2D eigenvalue weighted by atomic mass is 16.6. The van der Waals surface area contributed by atoms with Gasteiger partial charge in [-0.1, -0.05) is 72.8 Å². The van der Waals surface area contributed by atoms with Gasteiger partial charge in [-0.15, -0.1) is 0 Å². The summed E-state index contributed by atoms with van der Waals surface area (Å²) in [4.78, 5) is 0. The van der Waals surface area contributed by atoms with E-state index in [9.17, 15) is 0 Å². The van der Waals surface area contributed by atoms with Crippen molar-refractivity contribution in [1.29, 1.82) is 0 Å². The van der Waals surface area contributed by atoms with Crippen molar-refractivity contribution in [3.63, 3.8) is 0 Å². The van der Waals surface area contributed by atoms with Crippen LogP contribution in [0.3, 0.4) is 0 Å². The number of hydrogen-bond acceptors (Lipinski definition) is 5. The topological polar surface area (TPSA) is 63.0 Å². The van der Waals surface area contributed by atoms with Gasteiger partial charge in [0.05, 0.1) is 0 Å². The normalized spacial score (nSPS) is 11.0. The van der Waals surface area contributed by atoms with Crippen molar-refractivity contribution in [3.8, 4) is 0 Å². The van der Waals surface area contributed by atoms with Crippen LogP contribution in [0.1, 0.15) is 11.1 Å². The molecule has 142 valence electrons. The number of aromatic nitrogens is 2. The number of anilines is 2. The van der Waals surface area contributed by atoms with E-state index in [4.69, 9.17) is 4.63 Å². The molecule has 0 saturated heterocycles. The van der Waals surface area contributed by atoms with Gasteiger partial charge in [0.15, 0.2) is 0 Å². The first-order valence-corrected chi connectivity index (χ1v) is 9.61. The molecule has 0 atom stereocenters. The Hall–Kier alpha value is -3.86. The highest BCUT2D eigenvalue weighted by Gasteiger charge is 2.09. The molecule has 5 nitrogen and oxygen atoms in total. The van der Waals surface area contributed by atoms with Crippen molar-refractivity contribution in [2.24, 2.45) is 0 Å². The summed E-state index contributed by atoms with van der Waals surface area (Å²) < 4.78 is 4.94. The molecule has 4 aromatic carbocycles. The molecule has 0 spiro atoms. The largest absolute Gasteiger partial charge is 0.360 e. The van der Waals surface area contributed by atoms with E-state index in [1.807, 2.05) is 0 Å². The molecule has 0 aliphatic rings. The minimum atomic E-state index is 0.610. The highest BCUT2D eigenvalue weighted by molar-refractivity contribution is 5.83. The molecule has 0 amide bonds. The van der Waals surface area contributed by atoms with Gasteiger partial charge in [0.1, 0.15) is 0 Å². The second kappa shape index (κ2) is 7.64. The molecular formula is C24H20N4O. The maximum absolute atomic E-state index is 4.94. The van der Waals surface area contributed by atoms with Gasteiger partial charge in [-0.3, -0.25) is 0 Å². The minimum absolute atomic E-state index is 0.610. The quantitative estimate of drug-likeness (QED) is 0.401. The molecule has 1 heterocycles. The molecule has 5 heteroatoms. The molecule has 1 aromatic heterocycles. The van der Waals surface area contributed by atoms with Gasteiger partial charge in [0.2, 0.25) is 11.6 Å². The van der Waals surface area contributed by atoms with Crippen LogP contribution in [0.5, 0.6) is 0 Å². The van der Waals surface area contributed by atoms with E-state index in [0.29, 0.717) is 24.7 Å². The zero-order valence-corrected chi connectivity index (χ0v) is 15.8. The number of benzene rings is 4. The third-order valence-electron chi connectivity index (χ3n) is 5.04. The number of fused-ring (bicyclic) bond motifs is 2. The lowest BCUT2D eigenvalue weighted by atomic mass is 10.1. The number of nitrogens with one attached hydrogen (secondary N) is 2. The average Bonchev–Trinajstić information content (AvgIpc) is 3.23. The summed E-state index contributed by atoms with van der Waals surface area (Å²) in [6.45, 7) is 1.29. The van der Waals surface area contributed by atoms with Crippen LogP contribution in [0, 0.1) is 0 Å². The molecule has 0 aliphatic carbocycles. The van der Waals surface area contributed by atoms with Gasteiger partial charge < -0.3 is 10.6 Å². The number of hydrogen-bond donors (Lipinski definition) is 2. The van der Waals surface area contributed by atoms with E-state index >= 15 is 0 Å². The average molecular weight is 380 g/mol. The van der Waals surface area contributed by atoms with Gasteiger partial charge in [-0.25, -0.2) is 4.63 Å². The van der Waals surface area contributed by atoms with Gasteiger partial charge >= 0.3 is 0 Å². The predicted molar refractivity (Wildman–Crippen MR) is 117 cm³/mol. The number of nitrogens with zero attached hydrogens (tertiary/aromatic N) is 2. The molecule has 5 rings (SSSR count). The first kappa shape index (κ1) is 17.3. The summed E-state index contributed by atoms with van der Waals surface area (Å²) in [7, 11) is 0. The molecule has 0 saturated carbocycles. The Kier molecular flexibility index (Phi) is 4.54. The van der Waals surface area contributed by atoms with Crippen molar-refractivity contribution >= 4 is 33.2 Å². The third-order valence-corrected chi connectivity index (χ3v) is 5.04. The monoisotopic (exact) mass is 380 g/mol. The maximum Gasteiger partial charge on any atom is 0.215 e. The fourth-order valence-corrected chi connectivity index (χ4v) is 3.49. The molecule has 0 aliphatic heterocycles. The van der Waals surface area contributed by atoms with Crippen molar-refractivity contribution in [2.45, 2.75) is 13.1 Å². The van der Waals surface area contributed by atoms with Crippen LogP contribution in [0.15, 0.2) is 89.6 Å². The van der Waals surface area contributed by atoms with Crippen LogP contribution >= 0.6 is 0 Å². The number of rotatable bonds is 6. The Morgan fingerprint density at radius 2 is 1.00 bits per heavy atom. The zero-order valence-electron chi connectivity index (χ0n) is 15.8. The van der Waals surface area contributed by atoms with Gasteiger partial charge in [-0.2, -0.15) is 0 Å². The molecule has 5 aromatic rings. The van der Waals surface area contributed by atoms with Crippen LogP contribution in [0.2, 0.25) is 0 Å². The van der Waals surface area contributed by atoms with Crippen molar-refractivity contribution in [1.82, 2.24) is 10.3 Å². The molecule has 0 bridgehead atoms. The van der Waals surface area contributed by atoms with Crippen molar-refractivity contribution in [3.05, 3.63) is 96.1 Å². The molecule has 29 heavy (non-hydrogen) atoms. The second-order valence-corrected chi connectivity index (χ2v) is 7.03. The van der Waals surface area contributed by atoms with E-state index in [-0.39, 0.29) is 0 Å².